The van der Waals surface area contributed by atoms with Gasteiger partial charge in [-0.05, 0) is 45.1 Å². The van der Waals surface area contributed by atoms with Crippen LogP contribution in [0.4, 0.5) is 0 Å². The van der Waals surface area contributed by atoms with Crippen molar-refractivity contribution < 1.29 is 0 Å². The number of hydrogen-bond acceptors (Lipinski definition) is 0. The Labute approximate surface area is 133 Å². The molecule has 4 radical (unpaired) electrons. The fourth-order valence-corrected chi connectivity index (χ4v) is 3.04. The minimum atomic E-state index is 0. The molecule has 0 unspecified atom stereocenters. The fourth-order valence-electron chi connectivity index (χ4n) is 2.76. The third-order valence-electron chi connectivity index (χ3n) is 3.68. The van der Waals surface area contributed by atoms with Crippen molar-refractivity contribution in [1.29, 1.82) is 0 Å². The zero-order valence-corrected chi connectivity index (χ0v) is 13.3. The monoisotopic (exact) mass is 337 g/mol. The first-order chi connectivity index (χ1) is 9.33. The first kappa shape index (κ1) is 13.5. The van der Waals surface area contributed by atoms with E-state index in [-0.39, 0.29) is 18.0 Å². The van der Waals surface area contributed by atoms with Gasteiger partial charge in [-0.3, -0.25) is 0 Å². The summed E-state index contributed by atoms with van der Waals surface area (Å²) in [5, 5.41) is 8.13. The van der Waals surface area contributed by atoms with Crippen LogP contribution in [-0.4, -0.2) is 18.0 Å². The van der Waals surface area contributed by atoms with E-state index in [1.54, 1.807) is 0 Å². The molecule has 4 aromatic carbocycles. The number of hydrogen-bond donors (Lipinski definition) is 0. The van der Waals surface area contributed by atoms with Crippen molar-refractivity contribution >= 4 is 61.9 Å². The zero-order valence-electron chi connectivity index (χ0n) is 10.7. The van der Waals surface area contributed by atoms with Crippen LogP contribution in [0.1, 0.15) is 0 Å². The van der Waals surface area contributed by atoms with E-state index in [9.17, 15) is 0 Å². The van der Waals surface area contributed by atoms with Gasteiger partial charge in [-0.1, -0.05) is 60.1 Å². The molecule has 0 aromatic heterocycles. The van der Waals surface area contributed by atoms with Crippen LogP contribution in [0, 0.1) is 0 Å². The summed E-state index contributed by atoms with van der Waals surface area (Å²) < 4.78 is 0. The third-order valence-corrected chi connectivity index (χ3v) is 3.99. The van der Waals surface area contributed by atoms with Gasteiger partial charge in [0.05, 0.1) is 0 Å². The maximum Gasteiger partial charge on any atom is 1.00 e. The van der Waals surface area contributed by atoms with E-state index in [1.807, 2.05) is 12.1 Å². The second-order valence-electron chi connectivity index (χ2n) is 4.82. The molecule has 0 aliphatic carbocycles. The Balaban J connectivity index is 0.00000121. The molecule has 0 nitrogen and oxygen atoms in total. The molecule has 20 heavy (non-hydrogen) atoms. The van der Waals surface area contributed by atoms with Crippen LogP contribution in [-0.2, 0) is 0 Å². The summed E-state index contributed by atoms with van der Waals surface area (Å²) >= 11 is 6.39. The average molecular weight is 338 g/mol. The molecule has 0 saturated heterocycles. The summed E-state index contributed by atoms with van der Waals surface area (Å²) in [5.74, 6) is 0. The summed E-state index contributed by atoms with van der Waals surface area (Å²) in [6.45, 7) is 0. The van der Waals surface area contributed by atoms with Gasteiger partial charge in [0.15, 0.2) is 0 Å². The topological polar surface area (TPSA) is 0 Å². The van der Waals surface area contributed by atoms with Gasteiger partial charge in [0.1, 0.15) is 0 Å². The molecule has 94 valence electrons. The van der Waals surface area contributed by atoms with Crippen molar-refractivity contribution in [3.63, 3.8) is 0 Å². The second kappa shape index (κ2) is 5.13. The van der Waals surface area contributed by atoms with E-state index in [0.29, 0.717) is 0 Å². The predicted octanol–water partition coefficient (Wildman–Crippen LogP) is 5.42. The van der Waals surface area contributed by atoms with Crippen LogP contribution in [0.2, 0.25) is 5.02 Å². The van der Waals surface area contributed by atoms with Gasteiger partial charge in [-0.25, -0.2) is 0 Å². The quantitative estimate of drug-likeness (QED) is 0.228. The molecule has 0 fully saturated rings. The molecule has 0 N–H and O–H groups in total. The van der Waals surface area contributed by atoms with Crippen LogP contribution >= 0.6 is 11.6 Å². The van der Waals surface area contributed by atoms with Crippen molar-refractivity contribution in [3.05, 3.63) is 71.8 Å². The molecule has 0 aliphatic heterocycles. The average Bonchev–Trinajstić information content (AvgIpc) is 2.45. The Bertz CT molecular complexity index is 928. The molecule has 0 spiro atoms. The minimum Gasteiger partial charge on any atom is -0.0836 e. The van der Waals surface area contributed by atoms with Gasteiger partial charge in [0, 0.05) is 10.4 Å². The SMILES string of the molecule is Clc1cccc2ccc3cc4ccccc4cc3c12.[As+]. The fraction of sp³-hybridized carbons (Fsp3) is 0. The largest absolute Gasteiger partial charge is 1.00 e. The Kier molecular flexibility index (Phi) is 3.46. The number of benzene rings is 4. The van der Waals surface area contributed by atoms with Crippen molar-refractivity contribution in [2.24, 2.45) is 0 Å². The van der Waals surface area contributed by atoms with E-state index < -0.39 is 0 Å². The summed E-state index contributed by atoms with van der Waals surface area (Å²) in [6.07, 6.45) is 0. The maximum atomic E-state index is 6.39. The van der Waals surface area contributed by atoms with Gasteiger partial charge in [-0.15, -0.1) is 0 Å². The molecule has 4 rings (SSSR count). The molecule has 0 bridgehead atoms. The van der Waals surface area contributed by atoms with Gasteiger partial charge in [-0.2, -0.15) is 0 Å². The zero-order chi connectivity index (χ0) is 12.8. The molecular formula is C18H11AsCl+. The standard InChI is InChI=1S/C18H11Cl.As/c19-17-7-3-6-12-8-9-15-10-13-4-1-2-5-14(13)11-16(15)18(12)17;/h1-11H;/q;+1. The van der Waals surface area contributed by atoms with Crippen LogP contribution in [0.25, 0.3) is 32.3 Å². The van der Waals surface area contributed by atoms with Crippen LogP contribution < -0.4 is 0 Å². The number of fused-ring (bicyclic) bond motifs is 4. The van der Waals surface area contributed by atoms with Crippen LogP contribution in [0.5, 0.6) is 0 Å². The Morgan fingerprint density at radius 3 is 2.05 bits per heavy atom. The summed E-state index contributed by atoms with van der Waals surface area (Å²) in [4.78, 5) is 0. The van der Waals surface area contributed by atoms with E-state index in [1.165, 1.54) is 26.9 Å². The summed E-state index contributed by atoms with van der Waals surface area (Å²) in [5.41, 5.74) is 0. The predicted molar refractivity (Wildman–Crippen MR) is 89.7 cm³/mol. The normalized spacial score (nSPS) is 10.8. The first-order valence-corrected chi connectivity index (χ1v) is 6.70. The van der Waals surface area contributed by atoms with E-state index >= 15 is 0 Å². The number of halogens is 1. The Hall–Kier alpha value is -1.49. The van der Waals surface area contributed by atoms with E-state index in [0.717, 1.165) is 10.4 Å². The molecule has 2 heteroatoms. The smallest absolute Gasteiger partial charge is 0.0836 e. The molecule has 0 amide bonds. The van der Waals surface area contributed by atoms with Crippen LogP contribution in [0.3, 0.4) is 0 Å². The molecule has 4 aromatic rings. The van der Waals surface area contributed by atoms with Crippen LogP contribution in [0.15, 0.2) is 66.7 Å². The summed E-state index contributed by atoms with van der Waals surface area (Å²) in [7, 11) is 0. The van der Waals surface area contributed by atoms with E-state index in [2.05, 4.69) is 54.6 Å². The van der Waals surface area contributed by atoms with Gasteiger partial charge < -0.3 is 0 Å². The third kappa shape index (κ3) is 2.00. The molecule has 0 aliphatic rings. The van der Waals surface area contributed by atoms with Crippen molar-refractivity contribution in [1.82, 2.24) is 0 Å². The maximum absolute atomic E-state index is 6.39. The molecular weight excluding hydrogens is 327 g/mol. The van der Waals surface area contributed by atoms with Gasteiger partial charge in [0.2, 0.25) is 0 Å². The molecule has 0 atom stereocenters. The van der Waals surface area contributed by atoms with Gasteiger partial charge >= 0.3 is 18.0 Å². The number of rotatable bonds is 0. The minimum absolute atomic E-state index is 0. The van der Waals surface area contributed by atoms with Crippen molar-refractivity contribution in [2.75, 3.05) is 0 Å². The Morgan fingerprint density at radius 1 is 0.600 bits per heavy atom. The first-order valence-electron chi connectivity index (χ1n) is 6.33. The summed E-state index contributed by atoms with van der Waals surface area (Å²) in [6, 6.07) is 23.3. The second-order valence-corrected chi connectivity index (χ2v) is 5.23. The molecule has 0 saturated carbocycles. The van der Waals surface area contributed by atoms with E-state index in [4.69, 9.17) is 11.6 Å². The molecule has 0 heterocycles. The van der Waals surface area contributed by atoms with Crippen molar-refractivity contribution in [3.8, 4) is 0 Å². The van der Waals surface area contributed by atoms with Gasteiger partial charge in [0.25, 0.3) is 0 Å². The van der Waals surface area contributed by atoms with Crippen molar-refractivity contribution in [2.45, 2.75) is 0 Å². The Morgan fingerprint density at radius 2 is 1.25 bits per heavy atom.